The summed E-state index contributed by atoms with van der Waals surface area (Å²) in [6.07, 6.45) is 0.584. The number of ether oxygens (including phenoxy) is 1. The minimum absolute atomic E-state index is 0.0306. The second-order valence-electron chi connectivity index (χ2n) is 6.83. The Bertz CT molecular complexity index is 999. The number of hydrogen-bond acceptors (Lipinski definition) is 4. The molecule has 0 spiro atoms. The molecule has 0 aliphatic rings. The molecule has 0 unspecified atom stereocenters. The molecule has 0 aliphatic carbocycles. The first-order valence-electron chi connectivity index (χ1n) is 9.14. The van der Waals surface area contributed by atoms with Gasteiger partial charge in [0.05, 0.1) is 7.11 Å². The molecule has 3 aromatic rings. The quantitative estimate of drug-likeness (QED) is 0.629. The van der Waals surface area contributed by atoms with Crippen molar-refractivity contribution in [1.29, 1.82) is 0 Å². The molecule has 0 bridgehead atoms. The molecule has 146 valence electrons. The maximum atomic E-state index is 11.8. The van der Waals surface area contributed by atoms with Gasteiger partial charge in [-0.1, -0.05) is 35.9 Å². The molecule has 1 aromatic heterocycles. The third-order valence-corrected chi connectivity index (χ3v) is 4.83. The molecule has 0 fully saturated rings. The van der Waals surface area contributed by atoms with E-state index >= 15 is 0 Å². The fourth-order valence-electron chi connectivity index (χ4n) is 3.19. The average Bonchev–Trinajstić information content (AvgIpc) is 2.65. The lowest BCUT2D eigenvalue weighted by atomic mass is 10.0. The van der Waals surface area contributed by atoms with Crippen LogP contribution in [0.15, 0.2) is 53.3 Å². The van der Waals surface area contributed by atoms with Crippen LogP contribution in [0, 0.1) is 13.8 Å². The van der Waals surface area contributed by atoms with E-state index in [1.54, 1.807) is 20.1 Å². The third-order valence-electron chi connectivity index (χ3n) is 4.58. The molecular formula is C22H24ClN3O2. The normalized spacial score (nSPS) is 12.0. The van der Waals surface area contributed by atoms with Gasteiger partial charge in [0.25, 0.3) is 5.56 Å². The van der Waals surface area contributed by atoms with Crippen LogP contribution in [-0.4, -0.2) is 17.1 Å². The summed E-state index contributed by atoms with van der Waals surface area (Å²) in [5, 5.41) is 4.27. The number of H-pyrrole nitrogens is 1. The van der Waals surface area contributed by atoms with E-state index in [1.165, 1.54) is 0 Å². The highest BCUT2D eigenvalue weighted by Gasteiger charge is 2.15. The lowest BCUT2D eigenvalue weighted by Crippen LogP contribution is -2.24. The van der Waals surface area contributed by atoms with Gasteiger partial charge < -0.3 is 15.0 Å². The summed E-state index contributed by atoms with van der Waals surface area (Å²) in [4.78, 5) is 19.0. The van der Waals surface area contributed by atoms with Crippen molar-refractivity contribution in [2.45, 2.75) is 32.9 Å². The summed E-state index contributed by atoms with van der Waals surface area (Å²) in [6.45, 7) is 4.45. The molecule has 1 heterocycles. The van der Waals surface area contributed by atoms with Crippen molar-refractivity contribution in [3.05, 3.63) is 92.1 Å². The first-order valence-corrected chi connectivity index (χ1v) is 9.51. The van der Waals surface area contributed by atoms with E-state index in [0.717, 1.165) is 28.1 Å². The van der Waals surface area contributed by atoms with Crippen LogP contribution in [0.4, 0.5) is 0 Å². The Labute approximate surface area is 169 Å². The van der Waals surface area contributed by atoms with Gasteiger partial charge in [-0.25, -0.2) is 4.98 Å². The van der Waals surface area contributed by atoms with Gasteiger partial charge in [-0.05, 0) is 43.2 Å². The number of halogens is 1. The monoisotopic (exact) mass is 397 g/mol. The number of rotatable bonds is 7. The van der Waals surface area contributed by atoms with Crippen molar-refractivity contribution in [2.75, 3.05) is 7.11 Å². The first-order chi connectivity index (χ1) is 13.4. The van der Waals surface area contributed by atoms with E-state index < -0.39 is 0 Å². The zero-order valence-corrected chi connectivity index (χ0v) is 17.0. The van der Waals surface area contributed by atoms with Gasteiger partial charge in [0.2, 0.25) is 0 Å². The Balaban J connectivity index is 1.86. The Kier molecular flexibility index (Phi) is 6.49. The van der Waals surface area contributed by atoms with Crippen LogP contribution in [0.5, 0.6) is 5.75 Å². The van der Waals surface area contributed by atoms with Crippen LogP contribution < -0.4 is 15.6 Å². The van der Waals surface area contributed by atoms with Crippen molar-refractivity contribution in [3.8, 4) is 5.75 Å². The third kappa shape index (κ3) is 5.21. The summed E-state index contributed by atoms with van der Waals surface area (Å²) in [6, 6.07) is 15.4. The van der Waals surface area contributed by atoms with Gasteiger partial charge in [-0.3, -0.25) is 4.79 Å². The summed E-state index contributed by atoms with van der Waals surface area (Å²) in [5.41, 5.74) is 3.90. The number of aryl methyl sites for hydroxylation is 2. The van der Waals surface area contributed by atoms with Crippen LogP contribution in [0.2, 0.25) is 5.02 Å². The van der Waals surface area contributed by atoms with Crippen LogP contribution in [0.1, 0.15) is 34.3 Å². The van der Waals surface area contributed by atoms with E-state index in [1.807, 2.05) is 37.3 Å². The predicted molar refractivity (Wildman–Crippen MR) is 112 cm³/mol. The molecule has 3 rings (SSSR count). The number of aromatic amines is 1. The van der Waals surface area contributed by atoms with Gasteiger partial charge in [0.15, 0.2) is 0 Å². The van der Waals surface area contributed by atoms with Gasteiger partial charge in [0, 0.05) is 41.4 Å². The van der Waals surface area contributed by atoms with Crippen molar-refractivity contribution in [1.82, 2.24) is 15.3 Å². The minimum atomic E-state index is -0.141. The molecule has 6 heteroatoms. The van der Waals surface area contributed by atoms with Crippen LogP contribution in [-0.2, 0) is 13.0 Å². The second-order valence-corrected chi connectivity index (χ2v) is 7.26. The van der Waals surface area contributed by atoms with Crippen molar-refractivity contribution >= 4 is 11.6 Å². The molecule has 0 saturated heterocycles. The Morgan fingerprint density at radius 2 is 1.89 bits per heavy atom. The highest BCUT2D eigenvalue weighted by atomic mass is 35.5. The van der Waals surface area contributed by atoms with Crippen LogP contribution >= 0.6 is 11.6 Å². The fourth-order valence-corrected chi connectivity index (χ4v) is 3.31. The maximum Gasteiger partial charge on any atom is 0.251 e. The number of hydrogen-bond donors (Lipinski definition) is 2. The summed E-state index contributed by atoms with van der Waals surface area (Å²) in [7, 11) is 1.68. The van der Waals surface area contributed by atoms with E-state index in [2.05, 4.69) is 27.4 Å². The van der Waals surface area contributed by atoms with Gasteiger partial charge in [-0.15, -0.1) is 0 Å². The Morgan fingerprint density at radius 3 is 2.57 bits per heavy atom. The standard InChI is InChI=1S/C22H24ClN3O2/c1-14-4-5-17(21(10-14)28-3)13-24-20(16-6-8-18(23)9-7-16)11-19-12-22(27)26-15(2)25-19/h4-10,12,20,24H,11,13H2,1-3H3,(H,25,26,27)/t20-/m0/s1. The number of benzene rings is 2. The Morgan fingerprint density at radius 1 is 1.14 bits per heavy atom. The molecule has 5 nitrogen and oxygen atoms in total. The topological polar surface area (TPSA) is 67.0 Å². The van der Waals surface area contributed by atoms with Gasteiger partial charge in [0.1, 0.15) is 11.6 Å². The highest BCUT2D eigenvalue weighted by molar-refractivity contribution is 6.30. The SMILES string of the molecule is COc1cc(C)ccc1CN[C@@H](Cc1cc(=O)[nH]c(C)n1)c1ccc(Cl)cc1. The molecule has 2 aromatic carbocycles. The summed E-state index contributed by atoms with van der Waals surface area (Å²) >= 11 is 6.05. The molecule has 0 aliphatic heterocycles. The number of nitrogens with one attached hydrogen (secondary N) is 2. The highest BCUT2D eigenvalue weighted by Crippen LogP contribution is 2.23. The van der Waals surface area contributed by atoms with E-state index in [-0.39, 0.29) is 11.6 Å². The summed E-state index contributed by atoms with van der Waals surface area (Å²) in [5.74, 6) is 1.46. The van der Waals surface area contributed by atoms with Crippen LogP contribution in [0.25, 0.3) is 0 Å². The van der Waals surface area contributed by atoms with Crippen molar-refractivity contribution in [3.63, 3.8) is 0 Å². The minimum Gasteiger partial charge on any atom is -0.496 e. The molecule has 1 atom stereocenters. The van der Waals surface area contributed by atoms with Crippen LogP contribution in [0.3, 0.4) is 0 Å². The first kappa shape index (κ1) is 20.1. The lowest BCUT2D eigenvalue weighted by Gasteiger charge is -2.20. The predicted octanol–water partition coefficient (Wildman–Crippen LogP) is 4.12. The largest absolute Gasteiger partial charge is 0.496 e. The molecule has 0 radical (unpaired) electrons. The number of aromatic nitrogens is 2. The maximum absolute atomic E-state index is 11.8. The smallest absolute Gasteiger partial charge is 0.251 e. The lowest BCUT2D eigenvalue weighted by molar-refractivity contribution is 0.404. The van der Waals surface area contributed by atoms with E-state index in [9.17, 15) is 4.79 Å². The van der Waals surface area contributed by atoms with E-state index in [4.69, 9.17) is 16.3 Å². The average molecular weight is 398 g/mol. The van der Waals surface area contributed by atoms with Crippen molar-refractivity contribution < 1.29 is 4.74 Å². The van der Waals surface area contributed by atoms with Gasteiger partial charge in [-0.2, -0.15) is 0 Å². The van der Waals surface area contributed by atoms with Crippen molar-refractivity contribution in [2.24, 2.45) is 0 Å². The second kappa shape index (κ2) is 9.04. The molecule has 2 N–H and O–H groups in total. The zero-order chi connectivity index (χ0) is 20.1. The number of methoxy groups -OCH3 is 1. The molecular weight excluding hydrogens is 374 g/mol. The molecule has 0 saturated carbocycles. The fraction of sp³-hybridized carbons (Fsp3) is 0.273. The zero-order valence-electron chi connectivity index (χ0n) is 16.3. The summed E-state index contributed by atoms with van der Waals surface area (Å²) < 4.78 is 5.51. The molecule has 28 heavy (non-hydrogen) atoms. The molecule has 0 amide bonds. The Hall–Kier alpha value is -2.63. The van der Waals surface area contributed by atoms with Gasteiger partial charge >= 0.3 is 0 Å². The van der Waals surface area contributed by atoms with E-state index in [0.29, 0.717) is 23.8 Å². The number of nitrogens with zero attached hydrogens (tertiary/aromatic N) is 1.